The molecule has 12 rings (SSSR count). The normalized spacial score (nSPS) is 28.7. The minimum Gasteiger partial charge on any atom is -0.352 e. The van der Waals surface area contributed by atoms with Crippen LogP contribution in [-0.4, -0.2) is 106 Å². The molecule has 6 fully saturated rings. The van der Waals surface area contributed by atoms with Crippen LogP contribution in [0, 0.1) is 13.8 Å². The number of ether oxygens (including phenoxy) is 2. The van der Waals surface area contributed by atoms with E-state index in [1.165, 1.54) is 29.9 Å². The zero-order valence-corrected chi connectivity index (χ0v) is 50.5. The summed E-state index contributed by atoms with van der Waals surface area (Å²) in [5.74, 6) is 0. The Morgan fingerprint density at radius 1 is 0.525 bits per heavy atom. The number of H-pyrrole nitrogens is 2. The molecule has 424 valence electrons. The van der Waals surface area contributed by atoms with Gasteiger partial charge in [-0.3, -0.25) is 28.7 Å². The topological polar surface area (TPSA) is 172 Å². The zero-order chi connectivity index (χ0) is 55.7. The first kappa shape index (κ1) is 57.0. The van der Waals surface area contributed by atoms with Crippen LogP contribution in [0.4, 0.5) is 0 Å². The Hall–Kier alpha value is -4.79. The molecule has 2 unspecified atom stereocenters. The molecule has 0 amide bonds. The molecule has 4 aromatic carbocycles. The first-order valence-electron chi connectivity index (χ1n) is 28.7. The van der Waals surface area contributed by atoms with Crippen molar-refractivity contribution < 1.29 is 27.6 Å². The number of aryl methyl sites for hydroxylation is 2. The van der Waals surface area contributed by atoms with E-state index in [1.807, 2.05) is 0 Å². The third kappa shape index (κ3) is 11.6. The van der Waals surface area contributed by atoms with Gasteiger partial charge in [0.1, 0.15) is 28.6 Å². The van der Waals surface area contributed by atoms with Crippen molar-refractivity contribution in [3.63, 3.8) is 0 Å². The quantitative estimate of drug-likeness (QED) is 0.0713. The molecule has 0 bridgehead atoms. The van der Waals surface area contributed by atoms with Crippen LogP contribution in [0.3, 0.4) is 0 Å². The monoisotopic (exact) mass is 1160 g/mol. The summed E-state index contributed by atoms with van der Waals surface area (Å²) in [6.45, 7) is 14.4. The van der Waals surface area contributed by atoms with Crippen LogP contribution in [0.2, 0.25) is 25.2 Å². The molecule has 0 saturated carbocycles. The van der Waals surface area contributed by atoms with Gasteiger partial charge in [-0.1, -0.05) is 169 Å². The van der Waals surface area contributed by atoms with Crippen molar-refractivity contribution in [2.24, 2.45) is 0 Å². The molecule has 2 aromatic heterocycles. The number of aromatic amines is 2. The number of hydrogen-bond donors (Lipinski definition) is 2. The van der Waals surface area contributed by atoms with Crippen LogP contribution in [0.25, 0.3) is 0 Å². The molecule has 6 aromatic rings. The van der Waals surface area contributed by atoms with E-state index in [1.54, 1.807) is 26.2 Å². The van der Waals surface area contributed by atoms with Gasteiger partial charge >= 0.3 is 11.4 Å². The summed E-state index contributed by atoms with van der Waals surface area (Å²) in [7, 11) is -6.63. The molecule has 0 radical (unpaired) electrons. The first-order chi connectivity index (χ1) is 38.7. The zero-order valence-electron chi connectivity index (χ0n) is 46.7. The molecule has 8 heterocycles. The predicted octanol–water partition coefficient (Wildman–Crippen LogP) is 7.82. The summed E-state index contributed by atoms with van der Waals surface area (Å²) in [5, 5.41) is 5.69. The Kier molecular flexibility index (Phi) is 17.5. The van der Waals surface area contributed by atoms with Crippen LogP contribution in [-0.2, 0) is 27.6 Å². The van der Waals surface area contributed by atoms with E-state index in [9.17, 15) is 19.2 Å². The fraction of sp³-hybridized carbons (Fsp3) is 0.467. The molecule has 20 heteroatoms. The van der Waals surface area contributed by atoms with Gasteiger partial charge < -0.3 is 27.6 Å². The summed E-state index contributed by atoms with van der Waals surface area (Å²) in [5.41, 5.74) is -0.676. The lowest BCUT2D eigenvalue weighted by Gasteiger charge is -2.32. The summed E-state index contributed by atoms with van der Waals surface area (Å²) in [6.07, 6.45) is 8.89. The second kappa shape index (κ2) is 24.6. The number of rotatable bonds is 16. The Labute approximate surface area is 472 Å². The third-order valence-corrected chi connectivity index (χ3v) is 30.2. The van der Waals surface area contributed by atoms with Gasteiger partial charge in [-0.2, -0.15) is 0 Å². The predicted molar refractivity (Wildman–Crippen MR) is 320 cm³/mol. The van der Waals surface area contributed by atoms with Gasteiger partial charge in [-0.15, -0.1) is 0 Å². The Morgan fingerprint density at radius 2 is 0.863 bits per heavy atom. The summed E-state index contributed by atoms with van der Waals surface area (Å²) >= 11 is 0. The van der Waals surface area contributed by atoms with Gasteiger partial charge in [-0.05, 0) is 64.5 Å². The molecule has 0 spiro atoms. The van der Waals surface area contributed by atoms with Gasteiger partial charge in [0.2, 0.25) is 0 Å². The van der Waals surface area contributed by atoms with E-state index >= 15 is 0 Å². The Morgan fingerprint density at radius 3 is 1.19 bits per heavy atom. The lowest BCUT2D eigenvalue weighted by Crippen LogP contribution is -2.58. The maximum absolute atomic E-state index is 12.5. The summed E-state index contributed by atoms with van der Waals surface area (Å²) in [6, 6.07) is 46.5. The van der Waals surface area contributed by atoms with Crippen LogP contribution in [0.15, 0.2) is 153 Å². The standard InChI is InChI=1S/2C30H38N3O5PSi/c2*1-4-25-26(18-28(36-25)32-19-21(2)29(34)31-30(32)35)37-39-33-17-11-16-24(33)27(38-39)20-40(3,22-12-7-5-8-13-22)23-14-9-6-10-15-23/h2*5-10,12-15,19,24-28H,4,11,16-18,20H2,1-3H3,(H,31,34,35)/t24-,25+,26?,27+,28+,39-;24-,25-,26?,27+,28-,39-/m01/s1. The average molecular weight is 1160 g/mol. The van der Waals surface area contributed by atoms with E-state index in [4.69, 9.17) is 27.6 Å². The SMILES string of the molecule is CC[C@H]1O[C@@H](n2cc(C)c(=O)[nH]c2=O)CC1O[P@@]1O[C@H](C[Si](C)(c2ccccc2)c2ccccc2)[C@@H]2CCCN21.CC[C@H]1O[C@@H](n2cc(C)c(=O)[nH]c2=O)CC1O[P@]1O[C@@H](C[Si](C)(c2ccccc2)c2ccccc2)[C@H]2CCCN21. The second-order valence-corrected chi connectivity index (χ2v) is 34.1. The fourth-order valence-corrected chi connectivity index (χ4v) is 25.0. The highest BCUT2D eigenvalue weighted by atomic mass is 31.2. The van der Waals surface area contributed by atoms with Crippen LogP contribution in [0.5, 0.6) is 0 Å². The van der Waals surface area contributed by atoms with Gasteiger partial charge in [0.05, 0.1) is 36.6 Å². The molecule has 16 nitrogen and oxygen atoms in total. The van der Waals surface area contributed by atoms with E-state index < -0.39 is 57.0 Å². The van der Waals surface area contributed by atoms with E-state index in [2.05, 4.69) is 168 Å². The summed E-state index contributed by atoms with van der Waals surface area (Å²) in [4.78, 5) is 53.7. The lowest BCUT2D eigenvalue weighted by atomic mass is 10.1. The van der Waals surface area contributed by atoms with Gasteiger partial charge in [-0.25, -0.2) is 18.9 Å². The highest BCUT2D eigenvalue weighted by Gasteiger charge is 2.54. The number of fused-ring (bicyclic) bond motifs is 2. The Bertz CT molecular complexity index is 3010. The smallest absolute Gasteiger partial charge is 0.330 e. The van der Waals surface area contributed by atoms with Crippen molar-refractivity contribution in [3.05, 3.63) is 187 Å². The molecule has 2 N–H and O–H groups in total. The average Bonchev–Trinajstić information content (AvgIpc) is 4.39. The number of aromatic nitrogens is 4. The molecular weight excluding hydrogens is 1080 g/mol. The maximum atomic E-state index is 12.5. The van der Waals surface area contributed by atoms with Crippen molar-refractivity contribution in [2.75, 3.05) is 13.1 Å². The first-order valence-corrected chi connectivity index (χ1v) is 36.4. The van der Waals surface area contributed by atoms with Gasteiger partial charge in [0, 0.05) is 61.5 Å². The second-order valence-electron chi connectivity index (χ2n) is 22.8. The van der Waals surface area contributed by atoms with Crippen molar-refractivity contribution in [3.8, 4) is 0 Å². The Balaban J connectivity index is 0.000000169. The summed E-state index contributed by atoms with van der Waals surface area (Å²) < 4.78 is 47.7. The van der Waals surface area contributed by atoms with Gasteiger partial charge in [0.15, 0.2) is 0 Å². The van der Waals surface area contributed by atoms with E-state index in [0.29, 0.717) is 36.1 Å². The minimum atomic E-state index is -2.08. The van der Waals surface area contributed by atoms with Crippen molar-refractivity contribution >= 4 is 53.9 Å². The molecule has 6 aliphatic heterocycles. The molecule has 6 aliphatic rings. The molecule has 0 aliphatic carbocycles. The number of nitrogens with one attached hydrogen (secondary N) is 2. The van der Waals surface area contributed by atoms with Gasteiger partial charge in [0.25, 0.3) is 28.2 Å². The third-order valence-electron chi connectivity index (χ3n) is 17.7. The van der Waals surface area contributed by atoms with Crippen molar-refractivity contribution in [1.82, 2.24) is 28.4 Å². The maximum Gasteiger partial charge on any atom is 0.330 e. The highest BCUT2D eigenvalue weighted by Crippen LogP contribution is 2.60. The van der Waals surface area contributed by atoms with E-state index in [0.717, 1.165) is 63.7 Å². The van der Waals surface area contributed by atoms with Crippen LogP contribution < -0.4 is 43.2 Å². The largest absolute Gasteiger partial charge is 0.352 e. The molecule has 80 heavy (non-hydrogen) atoms. The van der Waals surface area contributed by atoms with Crippen molar-refractivity contribution in [1.29, 1.82) is 0 Å². The molecular formula is C60H76N6O10P2Si2. The minimum absolute atomic E-state index is 0.105. The van der Waals surface area contributed by atoms with Crippen LogP contribution >= 0.6 is 17.1 Å². The van der Waals surface area contributed by atoms with E-state index in [-0.39, 0.29) is 47.7 Å². The highest BCUT2D eigenvalue weighted by molar-refractivity contribution is 7.45. The number of benzene rings is 4. The lowest BCUT2D eigenvalue weighted by molar-refractivity contribution is -0.0189. The van der Waals surface area contributed by atoms with Crippen molar-refractivity contribution in [2.45, 2.75) is 165 Å². The molecule has 6 saturated heterocycles. The fourth-order valence-electron chi connectivity index (χ4n) is 13.1. The van der Waals surface area contributed by atoms with Crippen LogP contribution in [0.1, 0.15) is 88.8 Å². The number of hydrogen-bond acceptors (Lipinski definition) is 12. The number of nitrogens with zero attached hydrogens (tertiary/aromatic N) is 4. The molecule has 12 atom stereocenters.